The molecule has 3 rings (SSSR count). The Bertz CT molecular complexity index is 544. The number of alkyl halides is 1. The molecule has 0 bridgehead atoms. The summed E-state index contributed by atoms with van der Waals surface area (Å²) in [5.74, 6) is 2.82. The highest BCUT2D eigenvalue weighted by Crippen LogP contribution is 2.47. The minimum Gasteiger partial charge on any atom is -0.0928 e. The highest BCUT2D eigenvalue weighted by molar-refractivity contribution is 14.1. The molecule has 110 valence electrons. The largest absolute Gasteiger partial charge is 0.0928 e. The number of hydrogen-bond donors (Lipinski definition) is 0. The van der Waals surface area contributed by atoms with Crippen LogP contribution in [0.2, 0.25) is 0 Å². The third kappa shape index (κ3) is 4.42. The molecule has 0 radical (unpaired) electrons. The van der Waals surface area contributed by atoms with Crippen molar-refractivity contribution >= 4 is 44.2 Å². The topological polar surface area (TPSA) is 0 Å². The Morgan fingerprint density at radius 2 is 1.43 bits per heavy atom. The lowest BCUT2D eigenvalue weighted by molar-refractivity contribution is 0.389. The van der Waals surface area contributed by atoms with E-state index in [1.807, 2.05) is 0 Å². The first-order chi connectivity index (χ1) is 10.3. The quantitative estimate of drug-likeness (QED) is 0.341. The summed E-state index contributed by atoms with van der Waals surface area (Å²) >= 11 is 2.65. The van der Waals surface area contributed by atoms with Gasteiger partial charge in [-0.2, -0.15) is 0 Å². The monoisotopic (exact) mass is 426 g/mol. The molecular formula is C18H19IS2. The zero-order valence-electron chi connectivity index (χ0n) is 11.8. The minimum absolute atomic E-state index is 0.704. The summed E-state index contributed by atoms with van der Waals surface area (Å²) in [5, 5.41) is 0. The van der Waals surface area contributed by atoms with Gasteiger partial charge in [0.25, 0.3) is 0 Å². The second-order valence-corrected chi connectivity index (χ2v) is 10.3. The van der Waals surface area contributed by atoms with Crippen molar-refractivity contribution in [3.05, 3.63) is 71.8 Å². The second kappa shape index (κ2) is 7.93. The first kappa shape index (κ1) is 15.8. The lowest BCUT2D eigenvalue weighted by Gasteiger charge is -2.35. The van der Waals surface area contributed by atoms with Crippen LogP contribution in [0.25, 0.3) is 0 Å². The van der Waals surface area contributed by atoms with Crippen LogP contribution in [-0.4, -0.2) is 9.01 Å². The smallest absolute Gasteiger partial charge is 0.0702 e. The van der Waals surface area contributed by atoms with Crippen LogP contribution in [0.4, 0.5) is 0 Å². The van der Waals surface area contributed by atoms with E-state index in [1.54, 1.807) is 0 Å². The van der Waals surface area contributed by atoms with Crippen LogP contribution in [0.1, 0.15) is 11.1 Å². The average molecular weight is 426 g/mol. The Morgan fingerprint density at radius 3 is 2.05 bits per heavy atom. The Balaban J connectivity index is 1.73. The van der Waals surface area contributed by atoms with E-state index in [-0.39, 0.29) is 0 Å². The zero-order chi connectivity index (χ0) is 14.5. The van der Waals surface area contributed by atoms with Crippen LogP contribution in [-0.2, 0) is 12.8 Å². The van der Waals surface area contributed by atoms with Gasteiger partial charge in [-0.3, -0.25) is 0 Å². The molecule has 1 fully saturated rings. The standard InChI is InChI=1S/C18H19IS2/c19-18-17(12-15-9-5-2-6-10-15)16(13-20-21-18)11-14-7-3-1-4-8-14/h1-10,16-18H,11-13H2. The van der Waals surface area contributed by atoms with Crippen molar-refractivity contribution in [2.24, 2.45) is 11.8 Å². The summed E-state index contributed by atoms with van der Waals surface area (Å²) in [6, 6.07) is 22.0. The van der Waals surface area contributed by atoms with Gasteiger partial charge in [-0.05, 0) is 35.8 Å². The lowest BCUT2D eigenvalue weighted by atomic mass is 9.85. The third-order valence-electron chi connectivity index (χ3n) is 4.04. The molecule has 0 nitrogen and oxygen atoms in total. The summed E-state index contributed by atoms with van der Waals surface area (Å²) in [5.41, 5.74) is 2.96. The first-order valence-corrected chi connectivity index (χ1v) is 11.0. The SMILES string of the molecule is IC1SSCC(Cc2ccccc2)C1Cc1ccccc1. The van der Waals surface area contributed by atoms with Gasteiger partial charge in [0.15, 0.2) is 0 Å². The number of hydrogen-bond acceptors (Lipinski definition) is 2. The summed E-state index contributed by atoms with van der Waals surface area (Å²) < 4.78 is 0.704. The van der Waals surface area contributed by atoms with Gasteiger partial charge in [0.1, 0.15) is 0 Å². The highest BCUT2D eigenvalue weighted by Gasteiger charge is 2.32. The van der Waals surface area contributed by atoms with Gasteiger partial charge < -0.3 is 0 Å². The zero-order valence-corrected chi connectivity index (χ0v) is 15.6. The molecule has 1 aliphatic heterocycles. The third-order valence-corrected chi connectivity index (χ3v) is 9.43. The van der Waals surface area contributed by atoms with Gasteiger partial charge in [-0.15, -0.1) is 0 Å². The molecule has 3 unspecified atom stereocenters. The van der Waals surface area contributed by atoms with Crippen molar-refractivity contribution in [3.8, 4) is 0 Å². The van der Waals surface area contributed by atoms with Gasteiger partial charge in [-0.1, -0.05) is 105 Å². The molecule has 2 aromatic rings. The van der Waals surface area contributed by atoms with Crippen LogP contribution in [0.3, 0.4) is 0 Å². The van der Waals surface area contributed by atoms with Crippen molar-refractivity contribution < 1.29 is 0 Å². The summed E-state index contributed by atoms with van der Waals surface area (Å²) in [7, 11) is 4.12. The molecule has 0 spiro atoms. The van der Waals surface area contributed by atoms with Crippen molar-refractivity contribution in [1.29, 1.82) is 0 Å². The number of halogens is 1. The molecule has 2 aromatic carbocycles. The highest BCUT2D eigenvalue weighted by atomic mass is 127. The van der Waals surface area contributed by atoms with Crippen molar-refractivity contribution in [2.75, 3.05) is 5.75 Å². The average Bonchev–Trinajstić information content (AvgIpc) is 2.53. The Morgan fingerprint density at radius 1 is 0.857 bits per heavy atom. The van der Waals surface area contributed by atoms with E-state index < -0.39 is 0 Å². The molecule has 3 heteroatoms. The molecule has 0 saturated carbocycles. The van der Waals surface area contributed by atoms with Crippen LogP contribution >= 0.6 is 44.2 Å². The predicted molar refractivity (Wildman–Crippen MR) is 105 cm³/mol. The maximum atomic E-state index is 2.65. The Hall–Kier alpha value is -0.130. The molecule has 0 amide bonds. The molecule has 1 heterocycles. The molecule has 0 aliphatic carbocycles. The molecule has 1 saturated heterocycles. The van der Waals surface area contributed by atoms with Crippen LogP contribution in [0, 0.1) is 11.8 Å². The number of rotatable bonds is 4. The summed E-state index contributed by atoms with van der Waals surface area (Å²) in [4.78, 5) is 0. The fourth-order valence-corrected chi connectivity index (χ4v) is 7.82. The van der Waals surface area contributed by atoms with Crippen molar-refractivity contribution in [2.45, 2.75) is 16.1 Å². The minimum atomic E-state index is 0.704. The van der Waals surface area contributed by atoms with E-state index in [1.165, 1.54) is 29.7 Å². The van der Waals surface area contributed by atoms with E-state index in [0.29, 0.717) is 3.26 Å². The van der Waals surface area contributed by atoms with E-state index >= 15 is 0 Å². The van der Waals surface area contributed by atoms with Gasteiger partial charge in [-0.25, -0.2) is 0 Å². The second-order valence-electron chi connectivity index (χ2n) is 5.54. The van der Waals surface area contributed by atoms with E-state index in [0.717, 1.165) is 11.8 Å². The van der Waals surface area contributed by atoms with E-state index in [9.17, 15) is 0 Å². The fourth-order valence-electron chi connectivity index (χ4n) is 2.87. The molecule has 1 aliphatic rings. The molecule has 21 heavy (non-hydrogen) atoms. The van der Waals surface area contributed by atoms with Gasteiger partial charge in [0, 0.05) is 5.75 Å². The maximum Gasteiger partial charge on any atom is 0.0702 e. The van der Waals surface area contributed by atoms with Crippen LogP contribution in [0.5, 0.6) is 0 Å². The van der Waals surface area contributed by atoms with Crippen molar-refractivity contribution in [3.63, 3.8) is 0 Å². The van der Waals surface area contributed by atoms with Crippen LogP contribution in [0.15, 0.2) is 60.7 Å². The van der Waals surface area contributed by atoms with E-state index in [4.69, 9.17) is 0 Å². The summed E-state index contributed by atoms with van der Waals surface area (Å²) in [6.07, 6.45) is 2.42. The Kier molecular flexibility index (Phi) is 5.95. The van der Waals surface area contributed by atoms with Gasteiger partial charge in [0.2, 0.25) is 0 Å². The predicted octanol–water partition coefficient (Wildman–Crippen LogP) is 5.86. The van der Waals surface area contributed by atoms with Crippen LogP contribution < -0.4 is 0 Å². The molecule has 3 atom stereocenters. The Labute approximate surface area is 149 Å². The van der Waals surface area contributed by atoms with E-state index in [2.05, 4.69) is 105 Å². The molecular weight excluding hydrogens is 407 g/mol. The maximum absolute atomic E-state index is 2.65. The van der Waals surface area contributed by atoms with Crippen molar-refractivity contribution in [1.82, 2.24) is 0 Å². The molecule has 0 N–H and O–H groups in total. The fraction of sp³-hybridized carbons (Fsp3) is 0.333. The van der Waals surface area contributed by atoms with Gasteiger partial charge >= 0.3 is 0 Å². The lowest BCUT2D eigenvalue weighted by Crippen LogP contribution is -2.30. The number of benzene rings is 2. The van der Waals surface area contributed by atoms with Gasteiger partial charge in [0.05, 0.1) is 3.26 Å². The molecule has 0 aromatic heterocycles. The first-order valence-electron chi connectivity index (χ1n) is 7.33. The normalized spacial score (nSPS) is 25.7. The summed E-state index contributed by atoms with van der Waals surface area (Å²) in [6.45, 7) is 0.